The van der Waals surface area contributed by atoms with E-state index in [2.05, 4.69) is 5.32 Å². The number of hydrogen-bond acceptors (Lipinski definition) is 4. The molecule has 1 saturated heterocycles. The highest BCUT2D eigenvalue weighted by Gasteiger charge is 2.31. The largest absolute Gasteiger partial charge is 0.383 e. The molecule has 1 atom stereocenters. The second-order valence-corrected chi connectivity index (χ2v) is 6.78. The maximum absolute atomic E-state index is 12.3. The van der Waals surface area contributed by atoms with Crippen LogP contribution >= 0.6 is 0 Å². The van der Waals surface area contributed by atoms with E-state index in [1.54, 1.807) is 18.5 Å². The number of hydrogen-bond donors (Lipinski definition) is 1. The Kier molecular flexibility index (Phi) is 6.51. The third-order valence-electron chi connectivity index (χ3n) is 3.30. The van der Waals surface area contributed by atoms with Crippen molar-refractivity contribution < 1.29 is 13.2 Å². The Labute approximate surface area is 110 Å². The van der Waals surface area contributed by atoms with Crippen LogP contribution < -0.4 is 5.32 Å². The molecule has 0 saturated carbocycles. The molecule has 0 aromatic rings. The fraction of sp³-hybridized carbons (Fsp3) is 1.00. The Morgan fingerprint density at radius 3 is 2.83 bits per heavy atom. The zero-order valence-corrected chi connectivity index (χ0v) is 12.4. The van der Waals surface area contributed by atoms with Gasteiger partial charge in [-0.05, 0) is 32.4 Å². The van der Waals surface area contributed by atoms with E-state index in [0.29, 0.717) is 32.2 Å². The van der Waals surface area contributed by atoms with E-state index in [-0.39, 0.29) is 0 Å². The summed E-state index contributed by atoms with van der Waals surface area (Å²) in [6.45, 7) is 2.92. The summed E-state index contributed by atoms with van der Waals surface area (Å²) in [6, 6.07) is 0. The number of nitrogens with zero attached hydrogens (tertiary/aromatic N) is 2. The maximum atomic E-state index is 12.3. The number of likely N-dealkylation sites (N-methyl/N-ethyl adjacent to an activating group) is 1. The first-order valence-corrected chi connectivity index (χ1v) is 7.77. The van der Waals surface area contributed by atoms with E-state index in [1.807, 2.05) is 7.05 Å². The first kappa shape index (κ1) is 15.8. The van der Waals surface area contributed by atoms with Crippen molar-refractivity contribution in [3.05, 3.63) is 0 Å². The van der Waals surface area contributed by atoms with Gasteiger partial charge in [-0.25, -0.2) is 0 Å². The number of ether oxygens (including phenoxy) is 1. The standard InChI is InChI=1S/C11H25N3O3S/c1-12-9-11-5-4-6-14(10-11)18(15,16)13(2)7-8-17-3/h11-12H,4-10H2,1-3H3. The van der Waals surface area contributed by atoms with Gasteiger partial charge < -0.3 is 10.1 Å². The highest BCUT2D eigenvalue weighted by molar-refractivity contribution is 7.86. The van der Waals surface area contributed by atoms with Gasteiger partial charge in [-0.2, -0.15) is 17.0 Å². The summed E-state index contributed by atoms with van der Waals surface area (Å²) in [5, 5.41) is 3.12. The van der Waals surface area contributed by atoms with Crippen molar-refractivity contribution in [2.75, 3.05) is 54.0 Å². The van der Waals surface area contributed by atoms with Crippen molar-refractivity contribution in [3.8, 4) is 0 Å². The molecule has 1 aliphatic heterocycles. The first-order chi connectivity index (χ1) is 8.52. The highest BCUT2D eigenvalue weighted by atomic mass is 32.2. The predicted octanol–water partition coefficient (Wildman–Crippen LogP) is -0.259. The molecule has 0 aromatic carbocycles. The van der Waals surface area contributed by atoms with Gasteiger partial charge in [-0.15, -0.1) is 0 Å². The molecule has 6 nitrogen and oxygen atoms in total. The minimum absolute atomic E-state index is 0.395. The molecule has 0 amide bonds. The van der Waals surface area contributed by atoms with Crippen molar-refractivity contribution in [3.63, 3.8) is 0 Å². The molecule has 0 aromatic heterocycles. The van der Waals surface area contributed by atoms with Crippen LogP contribution in [-0.2, 0) is 14.9 Å². The normalized spacial score (nSPS) is 22.6. The molecule has 1 aliphatic rings. The van der Waals surface area contributed by atoms with Gasteiger partial charge in [0, 0.05) is 33.8 Å². The van der Waals surface area contributed by atoms with Gasteiger partial charge in [0.05, 0.1) is 6.61 Å². The van der Waals surface area contributed by atoms with Crippen molar-refractivity contribution in [2.45, 2.75) is 12.8 Å². The first-order valence-electron chi connectivity index (χ1n) is 6.37. The smallest absolute Gasteiger partial charge is 0.281 e. The maximum Gasteiger partial charge on any atom is 0.281 e. The zero-order valence-electron chi connectivity index (χ0n) is 11.6. The molecule has 7 heteroatoms. The molecular formula is C11H25N3O3S. The molecule has 108 valence electrons. The molecule has 1 N–H and O–H groups in total. The molecule has 18 heavy (non-hydrogen) atoms. The fourth-order valence-electron chi connectivity index (χ4n) is 2.22. The van der Waals surface area contributed by atoms with E-state index >= 15 is 0 Å². The second kappa shape index (κ2) is 7.40. The summed E-state index contributed by atoms with van der Waals surface area (Å²) < 4.78 is 32.5. The van der Waals surface area contributed by atoms with Crippen LogP contribution in [0, 0.1) is 5.92 Å². The van der Waals surface area contributed by atoms with Crippen LogP contribution in [0.3, 0.4) is 0 Å². The van der Waals surface area contributed by atoms with Gasteiger partial charge in [0.2, 0.25) is 0 Å². The van der Waals surface area contributed by atoms with Crippen LogP contribution in [0.1, 0.15) is 12.8 Å². The number of methoxy groups -OCH3 is 1. The predicted molar refractivity (Wildman–Crippen MR) is 71.6 cm³/mol. The lowest BCUT2D eigenvalue weighted by atomic mass is 10.00. The summed E-state index contributed by atoms with van der Waals surface area (Å²) in [5.41, 5.74) is 0. The SMILES string of the molecule is CNCC1CCCN(S(=O)(=O)N(C)CCOC)C1. The van der Waals surface area contributed by atoms with Gasteiger partial charge in [-0.3, -0.25) is 0 Å². The zero-order chi connectivity index (χ0) is 13.6. The summed E-state index contributed by atoms with van der Waals surface area (Å²) in [5.74, 6) is 0.411. The average Bonchev–Trinajstić information content (AvgIpc) is 2.36. The van der Waals surface area contributed by atoms with Gasteiger partial charge in [0.25, 0.3) is 10.2 Å². The summed E-state index contributed by atoms with van der Waals surface area (Å²) >= 11 is 0. The lowest BCUT2D eigenvalue weighted by Crippen LogP contribution is -2.48. The number of nitrogens with one attached hydrogen (secondary N) is 1. The Morgan fingerprint density at radius 1 is 1.50 bits per heavy atom. The Hall–Kier alpha value is -0.210. The summed E-state index contributed by atoms with van der Waals surface area (Å²) in [7, 11) is 1.76. The van der Waals surface area contributed by atoms with Gasteiger partial charge >= 0.3 is 0 Å². The van der Waals surface area contributed by atoms with Crippen molar-refractivity contribution in [2.24, 2.45) is 5.92 Å². The molecule has 0 radical (unpaired) electrons. The van der Waals surface area contributed by atoms with Crippen LogP contribution in [0.5, 0.6) is 0 Å². The lowest BCUT2D eigenvalue weighted by molar-refractivity contribution is 0.179. The number of piperidine rings is 1. The molecule has 0 spiro atoms. The minimum atomic E-state index is -3.33. The minimum Gasteiger partial charge on any atom is -0.383 e. The van der Waals surface area contributed by atoms with Crippen LogP contribution in [0.25, 0.3) is 0 Å². The lowest BCUT2D eigenvalue weighted by Gasteiger charge is -2.34. The van der Waals surface area contributed by atoms with Crippen molar-refractivity contribution >= 4 is 10.2 Å². The summed E-state index contributed by atoms with van der Waals surface area (Å²) in [6.07, 6.45) is 2.03. The van der Waals surface area contributed by atoms with E-state index in [4.69, 9.17) is 4.74 Å². The Morgan fingerprint density at radius 2 is 2.22 bits per heavy atom. The molecule has 1 heterocycles. The third kappa shape index (κ3) is 4.17. The van der Waals surface area contributed by atoms with Crippen molar-refractivity contribution in [1.82, 2.24) is 13.9 Å². The van der Waals surface area contributed by atoms with Gasteiger partial charge in [0.15, 0.2) is 0 Å². The Bertz CT molecular complexity index is 332. The van der Waals surface area contributed by atoms with Crippen LogP contribution in [-0.4, -0.2) is 71.0 Å². The molecule has 1 rings (SSSR count). The third-order valence-corrected chi connectivity index (χ3v) is 5.26. The van der Waals surface area contributed by atoms with Crippen LogP contribution in [0.15, 0.2) is 0 Å². The molecule has 0 aliphatic carbocycles. The molecule has 0 bridgehead atoms. The van der Waals surface area contributed by atoms with E-state index in [0.717, 1.165) is 19.4 Å². The van der Waals surface area contributed by atoms with Crippen LogP contribution in [0.4, 0.5) is 0 Å². The number of rotatable bonds is 7. The van der Waals surface area contributed by atoms with E-state index < -0.39 is 10.2 Å². The molecular weight excluding hydrogens is 254 g/mol. The Balaban J connectivity index is 2.60. The highest BCUT2D eigenvalue weighted by Crippen LogP contribution is 2.19. The van der Waals surface area contributed by atoms with E-state index in [9.17, 15) is 8.42 Å². The summed E-state index contributed by atoms with van der Waals surface area (Å²) in [4.78, 5) is 0. The topological polar surface area (TPSA) is 61.9 Å². The molecule has 1 fully saturated rings. The van der Waals surface area contributed by atoms with Gasteiger partial charge in [0.1, 0.15) is 0 Å². The monoisotopic (exact) mass is 279 g/mol. The average molecular weight is 279 g/mol. The van der Waals surface area contributed by atoms with Crippen LogP contribution in [0.2, 0.25) is 0 Å². The van der Waals surface area contributed by atoms with Crippen molar-refractivity contribution in [1.29, 1.82) is 0 Å². The van der Waals surface area contributed by atoms with E-state index in [1.165, 1.54) is 4.31 Å². The van der Waals surface area contributed by atoms with Gasteiger partial charge in [-0.1, -0.05) is 0 Å². The second-order valence-electron chi connectivity index (χ2n) is 4.75. The molecule has 1 unspecified atom stereocenters. The quantitative estimate of drug-likeness (QED) is 0.697. The fourth-order valence-corrected chi connectivity index (χ4v) is 3.68.